The van der Waals surface area contributed by atoms with Gasteiger partial charge in [-0.15, -0.1) is 0 Å². The lowest BCUT2D eigenvalue weighted by molar-refractivity contribution is -0.143. The average Bonchev–Trinajstić information content (AvgIpc) is 3.03. The second-order valence-electron chi connectivity index (χ2n) is 9.03. The normalized spacial score (nSPS) is 19.5. The van der Waals surface area contributed by atoms with Crippen LogP contribution in [-0.4, -0.2) is 55.2 Å². The first-order valence-corrected chi connectivity index (χ1v) is 11.4. The molecule has 2 aromatic heterocycles. The molecule has 0 aliphatic carbocycles. The number of unbranched alkanes of at least 4 members (excludes halogenated alkanes) is 1. The van der Waals surface area contributed by atoms with Crippen molar-refractivity contribution in [1.29, 1.82) is 0 Å². The lowest BCUT2D eigenvalue weighted by Crippen LogP contribution is -2.48. The third-order valence-corrected chi connectivity index (χ3v) is 5.58. The van der Waals surface area contributed by atoms with E-state index in [-0.39, 0.29) is 24.0 Å². The van der Waals surface area contributed by atoms with Gasteiger partial charge in [0.15, 0.2) is 11.2 Å². The van der Waals surface area contributed by atoms with E-state index in [2.05, 4.69) is 25.8 Å². The SMILES string of the molecule is CCCCn1c(=O)[nH]c(=O)c2c1nc(CCC(=O)N1C[C@@H](C)O[C@H](C)C1)n2CC(C)C. The van der Waals surface area contributed by atoms with Gasteiger partial charge in [0, 0.05) is 39.0 Å². The largest absolute Gasteiger partial charge is 0.372 e. The van der Waals surface area contributed by atoms with E-state index in [9.17, 15) is 14.4 Å². The molecule has 0 saturated carbocycles. The average molecular weight is 434 g/mol. The number of aromatic nitrogens is 4. The highest BCUT2D eigenvalue weighted by Crippen LogP contribution is 2.18. The Morgan fingerprint density at radius 2 is 1.87 bits per heavy atom. The summed E-state index contributed by atoms with van der Waals surface area (Å²) >= 11 is 0. The van der Waals surface area contributed by atoms with Crippen molar-refractivity contribution in [3.05, 3.63) is 26.7 Å². The number of imidazole rings is 1. The molecule has 0 aromatic carbocycles. The number of morpholine rings is 1. The van der Waals surface area contributed by atoms with Crippen molar-refractivity contribution in [3.8, 4) is 0 Å². The number of aryl methyl sites for hydroxylation is 2. The molecule has 0 spiro atoms. The zero-order valence-corrected chi connectivity index (χ0v) is 19.3. The number of amides is 1. The number of hydrogen-bond donors (Lipinski definition) is 1. The highest BCUT2D eigenvalue weighted by Gasteiger charge is 2.26. The summed E-state index contributed by atoms with van der Waals surface area (Å²) in [6, 6.07) is 0. The Bertz CT molecular complexity index is 1020. The van der Waals surface area contributed by atoms with E-state index < -0.39 is 11.2 Å². The first-order valence-electron chi connectivity index (χ1n) is 11.4. The molecule has 2 aromatic rings. The van der Waals surface area contributed by atoms with Gasteiger partial charge in [0.25, 0.3) is 5.56 Å². The summed E-state index contributed by atoms with van der Waals surface area (Å²) in [6.45, 7) is 12.4. The number of aromatic amines is 1. The van der Waals surface area contributed by atoms with Crippen LogP contribution in [0.3, 0.4) is 0 Å². The third kappa shape index (κ3) is 5.26. The Labute approximate surface area is 182 Å². The van der Waals surface area contributed by atoms with Gasteiger partial charge in [0.05, 0.1) is 12.2 Å². The number of nitrogens with zero attached hydrogens (tertiary/aromatic N) is 4. The van der Waals surface area contributed by atoms with Gasteiger partial charge >= 0.3 is 5.69 Å². The second-order valence-corrected chi connectivity index (χ2v) is 9.03. The zero-order chi connectivity index (χ0) is 22.7. The Balaban J connectivity index is 1.93. The number of carbonyl (C=O) groups is 1. The number of H-pyrrole nitrogens is 1. The Morgan fingerprint density at radius 1 is 1.19 bits per heavy atom. The van der Waals surface area contributed by atoms with E-state index in [1.54, 1.807) is 4.57 Å². The van der Waals surface area contributed by atoms with Crippen LogP contribution in [0, 0.1) is 5.92 Å². The van der Waals surface area contributed by atoms with Gasteiger partial charge in [-0.2, -0.15) is 0 Å². The standard InChI is InChI=1S/C22H35N5O4/c1-6-7-10-26-20-19(21(29)24-22(26)30)27(11-14(2)3)17(23-20)8-9-18(28)25-12-15(4)31-16(5)13-25/h14-16H,6-13H2,1-5H3,(H,24,29,30)/t15-,16-/m1/s1. The fourth-order valence-corrected chi connectivity index (χ4v) is 4.25. The maximum atomic E-state index is 12.9. The van der Waals surface area contributed by atoms with E-state index in [1.165, 1.54) is 0 Å². The number of ether oxygens (including phenoxy) is 1. The number of hydrogen-bond acceptors (Lipinski definition) is 5. The van der Waals surface area contributed by atoms with E-state index >= 15 is 0 Å². The fourth-order valence-electron chi connectivity index (χ4n) is 4.25. The highest BCUT2D eigenvalue weighted by molar-refractivity contribution is 5.77. The topological polar surface area (TPSA) is 102 Å². The molecule has 1 fully saturated rings. The van der Waals surface area contributed by atoms with Gasteiger partial charge in [-0.05, 0) is 26.2 Å². The van der Waals surface area contributed by atoms with Crippen LogP contribution in [0.2, 0.25) is 0 Å². The lowest BCUT2D eigenvalue weighted by atomic mass is 10.2. The maximum Gasteiger partial charge on any atom is 0.330 e. The Morgan fingerprint density at radius 3 is 2.48 bits per heavy atom. The quantitative estimate of drug-likeness (QED) is 0.685. The molecule has 0 radical (unpaired) electrons. The van der Waals surface area contributed by atoms with Crippen molar-refractivity contribution in [2.24, 2.45) is 5.92 Å². The van der Waals surface area contributed by atoms with Crippen LogP contribution in [0.15, 0.2) is 9.59 Å². The maximum absolute atomic E-state index is 12.9. The molecule has 3 heterocycles. The van der Waals surface area contributed by atoms with Crippen LogP contribution in [-0.2, 0) is 29.0 Å². The van der Waals surface area contributed by atoms with Gasteiger partial charge < -0.3 is 14.2 Å². The van der Waals surface area contributed by atoms with Crippen LogP contribution in [0.25, 0.3) is 11.2 Å². The van der Waals surface area contributed by atoms with Crippen LogP contribution in [0.1, 0.15) is 59.7 Å². The van der Waals surface area contributed by atoms with Crippen molar-refractivity contribution in [2.45, 2.75) is 85.6 Å². The molecule has 1 aliphatic heterocycles. The third-order valence-electron chi connectivity index (χ3n) is 5.58. The van der Waals surface area contributed by atoms with Crippen LogP contribution in [0.5, 0.6) is 0 Å². The monoisotopic (exact) mass is 433 g/mol. The molecule has 1 aliphatic rings. The van der Waals surface area contributed by atoms with Crippen LogP contribution >= 0.6 is 0 Å². The molecule has 1 N–H and O–H groups in total. The van der Waals surface area contributed by atoms with Crippen molar-refractivity contribution >= 4 is 17.1 Å². The Hall–Kier alpha value is -2.42. The molecule has 172 valence electrons. The number of nitrogens with one attached hydrogen (secondary N) is 1. The van der Waals surface area contributed by atoms with E-state index in [1.807, 2.05) is 23.3 Å². The number of carbonyl (C=O) groups excluding carboxylic acids is 1. The predicted octanol–water partition coefficient (Wildman–Crippen LogP) is 1.91. The zero-order valence-electron chi connectivity index (χ0n) is 19.3. The first kappa shape index (κ1) is 23.2. The molecule has 9 nitrogen and oxygen atoms in total. The second kappa shape index (κ2) is 9.80. The molecule has 9 heteroatoms. The summed E-state index contributed by atoms with van der Waals surface area (Å²) < 4.78 is 9.16. The summed E-state index contributed by atoms with van der Waals surface area (Å²) in [6.07, 6.45) is 2.51. The fraction of sp³-hybridized carbons (Fsp3) is 0.727. The van der Waals surface area contributed by atoms with E-state index in [4.69, 9.17) is 9.72 Å². The molecule has 3 rings (SSSR count). The minimum Gasteiger partial charge on any atom is -0.372 e. The predicted molar refractivity (Wildman–Crippen MR) is 119 cm³/mol. The summed E-state index contributed by atoms with van der Waals surface area (Å²) in [5.74, 6) is 1.01. The number of rotatable bonds is 8. The molecular weight excluding hydrogens is 398 g/mol. The lowest BCUT2D eigenvalue weighted by Gasteiger charge is -2.35. The molecular formula is C22H35N5O4. The molecule has 0 bridgehead atoms. The van der Waals surface area contributed by atoms with Crippen LogP contribution in [0.4, 0.5) is 0 Å². The van der Waals surface area contributed by atoms with Crippen LogP contribution < -0.4 is 11.2 Å². The molecule has 0 unspecified atom stereocenters. The minimum absolute atomic E-state index is 0.0183. The molecule has 1 amide bonds. The summed E-state index contributed by atoms with van der Waals surface area (Å²) in [5.41, 5.74) is -0.0206. The van der Waals surface area contributed by atoms with Gasteiger partial charge in [-0.1, -0.05) is 27.2 Å². The first-order chi connectivity index (χ1) is 14.7. The smallest absolute Gasteiger partial charge is 0.330 e. The van der Waals surface area contributed by atoms with Crippen molar-refractivity contribution in [1.82, 2.24) is 24.0 Å². The van der Waals surface area contributed by atoms with Gasteiger partial charge in [-0.3, -0.25) is 19.1 Å². The summed E-state index contributed by atoms with van der Waals surface area (Å²) in [7, 11) is 0. The highest BCUT2D eigenvalue weighted by atomic mass is 16.5. The van der Waals surface area contributed by atoms with E-state index in [0.29, 0.717) is 56.0 Å². The summed E-state index contributed by atoms with van der Waals surface area (Å²) in [5, 5.41) is 0. The van der Waals surface area contributed by atoms with Crippen molar-refractivity contribution in [2.75, 3.05) is 13.1 Å². The number of fused-ring (bicyclic) bond motifs is 1. The van der Waals surface area contributed by atoms with Crippen molar-refractivity contribution < 1.29 is 9.53 Å². The van der Waals surface area contributed by atoms with E-state index in [0.717, 1.165) is 12.8 Å². The Kier molecular flexibility index (Phi) is 7.35. The minimum atomic E-state index is -0.431. The van der Waals surface area contributed by atoms with Crippen molar-refractivity contribution in [3.63, 3.8) is 0 Å². The van der Waals surface area contributed by atoms with Gasteiger partial charge in [-0.25, -0.2) is 9.78 Å². The summed E-state index contributed by atoms with van der Waals surface area (Å²) in [4.78, 5) is 46.9. The molecule has 1 saturated heterocycles. The van der Waals surface area contributed by atoms with Gasteiger partial charge in [0.2, 0.25) is 5.91 Å². The molecule has 31 heavy (non-hydrogen) atoms. The van der Waals surface area contributed by atoms with Gasteiger partial charge in [0.1, 0.15) is 5.82 Å². The molecule has 2 atom stereocenters.